The molecule has 0 bridgehead atoms. The second kappa shape index (κ2) is 17.9. The van der Waals surface area contributed by atoms with E-state index in [1.807, 2.05) is 48.5 Å². The van der Waals surface area contributed by atoms with E-state index in [0.29, 0.717) is 24.3 Å². The quantitative estimate of drug-likeness (QED) is 0.140. The summed E-state index contributed by atoms with van der Waals surface area (Å²) in [6.45, 7) is 4.46. The number of carbonyl (C=O) groups excluding carboxylic acids is 2. The van der Waals surface area contributed by atoms with Gasteiger partial charge in [0, 0.05) is 24.0 Å². The van der Waals surface area contributed by atoms with Crippen molar-refractivity contribution in [2.24, 2.45) is 0 Å². The second-order valence-corrected chi connectivity index (χ2v) is 9.74. The van der Waals surface area contributed by atoms with Crippen LogP contribution in [0.4, 0.5) is 0 Å². The molecule has 3 nitrogen and oxygen atoms in total. The second-order valence-electron chi connectivity index (χ2n) is 9.74. The van der Waals surface area contributed by atoms with Gasteiger partial charge in [-0.05, 0) is 61.4 Å². The molecule has 0 aliphatic heterocycles. The molecule has 0 amide bonds. The van der Waals surface area contributed by atoms with Crippen LogP contribution in [0.15, 0.2) is 48.5 Å². The SMILES string of the molecule is CCCCCCCCCC(=O)c1ccc(Oc2ccc(C(=O)CCCCCCCCC)cc2)cc1. The molecule has 0 aromatic heterocycles. The molecule has 0 aliphatic rings. The largest absolute Gasteiger partial charge is 0.457 e. The van der Waals surface area contributed by atoms with Crippen LogP contribution in [0.3, 0.4) is 0 Å². The van der Waals surface area contributed by atoms with E-state index in [2.05, 4.69) is 13.8 Å². The molecular weight excluding hydrogens is 432 g/mol. The van der Waals surface area contributed by atoms with Crippen LogP contribution in [0.1, 0.15) is 137 Å². The molecule has 35 heavy (non-hydrogen) atoms. The van der Waals surface area contributed by atoms with Gasteiger partial charge < -0.3 is 4.74 Å². The predicted octanol–water partition coefficient (Wildman–Crippen LogP) is 10.1. The summed E-state index contributed by atoms with van der Waals surface area (Å²) in [5, 5.41) is 0. The van der Waals surface area contributed by atoms with Crippen molar-refractivity contribution in [3.63, 3.8) is 0 Å². The number of hydrogen-bond acceptors (Lipinski definition) is 3. The zero-order valence-corrected chi connectivity index (χ0v) is 22.2. The van der Waals surface area contributed by atoms with E-state index >= 15 is 0 Å². The molecule has 0 atom stereocenters. The molecule has 0 heterocycles. The van der Waals surface area contributed by atoms with Crippen molar-refractivity contribution >= 4 is 11.6 Å². The first-order chi connectivity index (χ1) is 17.1. The standard InChI is InChI=1S/C32H46O3/c1-3-5-7-9-11-13-15-17-31(33)27-19-23-29(24-20-27)35-30-25-21-28(22-26-30)32(34)18-16-14-12-10-8-6-4-2/h19-26H,3-18H2,1-2H3. The van der Waals surface area contributed by atoms with E-state index in [0.717, 1.165) is 36.8 Å². The van der Waals surface area contributed by atoms with Crippen LogP contribution in [-0.4, -0.2) is 11.6 Å². The zero-order chi connectivity index (χ0) is 25.1. The van der Waals surface area contributed by atoms with Gasteiger partial charge in [0.25, 0.3) is 0 Å². The van der Waals surface area contributed by atoms with Crippen molar-refractivity contribution < 1.29 is 14.3 Å². The van der Waals surface area contributed by atoms with Crippen LogP contribution in [0.5, 0.6) is 11.5 Å². The Morgan fingerprint density at radius 2 is 0.800 bits per heavy atom. The van der Waals surface area contributed by atoms with Crippen molar-refractivity contribution in [2.75, 3.05) is 0 Å². The van der Waals surface area contributed by atoms with Gasteiger partial charge in [0.05, 0.1) is 0 Å². The Hall–Kier alpha value is -2.42. The molecule has 0 aliphatic carbocycles. The maximum atomic E-state index is 12.4. The molecule has 2 aromatic rings. The summed E-state index contributed by atoms with van der Waals surface area (Å²) in [6, 6.07) is 14.8. The van der Waals surface area contributed by atoms with Crippen molar-refractivity contribution in [3.05, 3.63) is 59.7 Å². The lowest BCUT2D eigenvalue weighted by molar-refractivity contribution is 0.0971. The Morgan fingerprint density at radius 3 is 1.14 bits per heavy atom. The van der Waals surface area contributed by atoms with E-state index in [4.69, 9.17) is 4.74 Å². The van der Waals surface area contributed by atoms with Gasteiger partial charge >= 0.3 is 0 Å². The van der Waals surface area contributed by atoms with Crippen LogP contribution in [0.2, 0.25) is 0 Å². The third-order valence-electron chi connectivity index (χ3n) is 6.60. The number of benzene rings is 2. The molecule has 192 valence electrons. The summed E-state index contributed by atoms with van der Waals surface area (Å²) in [4.78, 5) is 24.9. The number of carbonyl (C=O) groups is 2. The molecule has 2 rings (SSSR count). The highest BCUT2D eigenvalue weighted by Gasteiger charge is 2.08. The first-order valence-electron chi connectivity index (χ1n) is 14.1. The molecule has 0 saturated carbocycles. The number of rotatable bonds is 20. The van der Waals surface area contributed by atoms with Crippen LogP contribution < -0.4 is 4.74 Å². The highest BCUT2D eigenvalue weighted by molar-refractivity contribution is 5.96. The summed E-state index contributed by atoms with van der Waals surface area (Å²) < 4.78 is 5.92. The lowest BCUT2D eigenvalue weighted by Gasteiger charge is -2.08. The van der Waals surface area contributed by atoms with Gasteiger partial charge in [-0.3, -0.25) is 9.59 Å². The van der Waals surface area contributed by atoms with E-state index in [9.17, 15) is 9.59 Å². The fraction of sp³-hybridized carbons (Fsp3) is 0.562. The highest BCUT2D eigenvalue weighted by atomic mass is 16.5. The third-order valence-corrected chi connectivity index (χ3v) is 6.60. The lowest BCUT2D eigenvalue weighted by Crippen LogP contribution is -1.99. The fourth-order valence-corrected chi connectivity index (χ4v) is 4.33. The van der Waals surface area contributed by atoms with Crippen LogP contribution >= 0.6 is 0 Å². The van der Waals surface area contributed by atoms with Gasteiger partial charge in [0.15, 0.2) is 11.6 Å². The Bertz CT molecular complexity index is 765. The van der Waals surface area contributed by atoms with Gasteiger partial charge in [-0.2, -0.15) is 0 Å². The van der Waals surface area contributed by atoms with Crippen molar-refractivity contribution in [2.45, 2.75) is 117 Å². The maximum absolute atomic E-state index is 12.4. The summed E-state index contributed by atoms with van der Waals surface area (Å²) in [6.07, 6.45) is 18.2. The van der Waals surface area contributed by atoms with E-state index < -0.39 is 0 Å². The summed E-state index contributed by atoms with van der Waals surface area (Å²) >= 11 is 0. The van der Waals surface area contributed by atoms with Gasteiger partial charge in [0.1, 0.15) is 11.5 Å². The van der Waals surface area contributed by atoms with Crippen molar-refractivity contribution in [3.8, 4) is 11.5 Å². The van der Waals surface area contributed by atoms with E-state index in [-0.39, 0.29) is 11.6 Å². The molecule has 2 aromatic carbocycles. The first-order valence-corrected chi connectivity index (χ1v) is 14.1. The summed E-state index contributed by atoms with van der Waals surface area (Å²) in [5.41, 5.74) is 1.49. The highest BCUT2D eigenvalue weighted by Crippen LogP contribution is 2.23. The summed E-state index contributed by atoms with van der Waals surface area (Å²) in [5.74, 6) is 1.79. The summed E-state index contributed by atoms with van der Waals surface area (Å²) in [7, 11) is 0. The Balaban J connectivity index is 1.69. The Kier molecular flexibility index (Phi) is 14.8. The zero-order valence-electron chi connectivity index (χ0n) is 22.2. The minimum absolute atomic E-state index is 0.203. The number of Topliss-reactive ketones (excluding diaryl/α,β-unsaturated/α-hetero) is 2. The normalized spacial score (nSPS) is 10.9. The van der Waals surface area contributed by atoms with Crippen molar-refractivity contribution in [1.29, 1.82) is 0 Å². The van der Waals surface area contributed by atoms with E-state index in [1.165, 1.54) is 64.2 Å². The molecular formula is C32H46O3. The smallest absolute Gasteiger partial charge is 0.162 e. The number of ketones is 2. The minimum atomic E-state index is 0.203. The van der Waals surface area contributed by atoms with Crippen LogP contribution in [0, 0.1) is 0 Å². The number of ether oxygens (including phenoxy) is 1. The monoisotopic (exact) mass is 478 g/mol. The van der Waals surface area contributed by atoms with Crippen LogP contribution in [0.25, 0.3) is 0 Å². The minimum Gasteiger partial charge on any atom is -0.457 e. The van der Waals surface area contributed by atoms with Gasteiger partial charge in [-0.15, -0.1) is 0 Å². The number of hydrogen-bond donors (Lipinski definition) is 0. The third kappa shape index (κ3) is 12.2. The predicted molar refractivity (Wildman–Crippen MR) is 147 cm³/mol. The first kappa shape index (κ1) is 28.8. The lowest BCUT2D eigenvalue weighted by atomic mass is 10.0. The maximum Gasteiger partial charge on any atom is 0.162 e. The van der Waals surface area contributed by atoms with Crippen LogP contribution in [-0.2, 0) is 0 Å². The average Bonchev–Trinajstić information content (AvgIpc) is 2.88. The molecule has 0 unspecified atom stereocenters. The molecule has 0 N–H and O–H groups in total. The Labute approximate surface area is 213 Å². The van der Waals surface area contributed by atoms with Gasteiger partial charge in [-0.25, -0.2) is 0 Å². The molecule has 0 spiro atoms. The van der Waals surface area contributed by atoms with Gasteiger partial charge in [-0.1, -0.05) is 90.9 Å². The molecule has 0 radical (unpaired) electrons. The molecule has 0 fully saturated rings. The Morgan fingerprint density at radius 1 is 0.486 bits per heavy atom. The fourth-order valence-electron chi connectivity index (χ4n) is 4.33. The topological polar surface area (TPSA) is 43.4 Å². The molecule has 0 saturated heterocycles. The van der Waals surface area contributed by atoms with Crippen molar-refractivity contribution in [1.82, 2.24) is 0 Å². The molecule has 3 heteroatoms. The average molecular weight is 479 g/mol. The van der Waals surface area contributed by atoms with Gasteiger partial charge in [0.2, 0.25) is 0 Å². The van der Waals surface area contributed by atoms with E-state index in [1.54, 1.807) is 0 Å². The number of unbranched alkanes of at least 4 members (excludes halogenated alkanes) is 12.